The van der Waals surface area contributed by atoms with Gasteiger partial charge < -0.3 is 10.1 Å². The molecule has 1 atom stereocenters. The minimum absolute atomic E-state index is 0.0117. The summed E-state index contributed by atoms with van der Waals surface area (Å²) in [5.41, 5.74) is 1.96. The van der Waals surface area contributed by atoms with Crippen LogP contribution in [0.25, 0.3) is 0 Å². The van der Waals surface area contributed by atoms with E-state index in [2.05, 4.69) is 5.32 Å². The lowest BCUT2D eigenvalue weighted by Crippen LogP contribution is -2.30. The van der Waals surface area contributed by atoms with E-state index < -0.39 is 16.9 Å². The summed E-state index contributed by atoms with van der Waals surface area (Å²) in [7, 11) is 0. The number of nitro groups is 1. The number of nitro benzene ring substituents is 1. The van der Waals surface area contributed by atoms with Crippen molar-refractivity contribution in [2.45, 2.75) is 26.9 Å². The van der Waals surface area contributed by atoms with Gasteiger partial charge in [0.15, 0.2) is 6.10 Å². The molecule has 0 aliphatic carbocycles. The maximum Gasteiger partial charge on any atom is 0.289 e. The smallest absolute Gasteiger partial charge is 0.289 e. The van der Waals surface area contributed by atoms with Gasteiger partial charge in [0, 0.05) is 11.8 Å². The van der Waals surface area contributed by atoms with Gasteiger partial charge in [0.05, 0.1) is 4.92 Å². The second kappa shape index (κ2) is 7.31. The van der Waals surface area contributed by atoms with Crippen LogP contribution in [-0.4, -0.2) is 16.9 Å². The summed E-state index contributed by atoms with van der Waals surface area (Å²) < 4.78 is 5.69. The maximum atomic E-state index is 12.2. The molecule has 0 saturated carbocycles. The molecule has 7 heteroatoms. The molecule has 0 saturated heterocycles. The van der Waals surface area contributed by atoms with Gasteiger partial charge in [-0.05, 0) is 50.1 Å². The number of benzene rings is 2. The molecule has 0 bridgehead atoms. The molecular formula is C17H17ClN2O4. The van der Waals surface area contributed by atoms with Crippen LogP contribution in [0.4, 0.5) is 11.4 Å². The second-order valence-corrected chi connectivity index (χ2v) is 5.85. The topological polar surface area (TPSA) is 81.5 Å². The minimum Gasteiger partial charge on any atom is -0.481 e. The Labute approximate surface area is 144 Å². The lowest BCUT2D eigenvalue weighted by atomic mass is 10.1. The minimum atomic E-state index is -0.764. The second-order valence-electron chi connectivity index (χ2n) is 5.44. The van der Waals surface area contributed by atoms with Crippen molar-refractivity contribution >= 4 is 28.9 Å². The van der Waals surface area contributed by atoms with Crippen LogP contribution in [0, 0.1) is 24.0 Å². The van der Waals surface area contributed by atoms with Gasteiger partial charge in [-0.1, -0.05) is 23.7 Å². The number of nitrogens with one attached hydrogen (secondary N) is 1. The van der Waals surface area contributed by atoms with Crippen LogP contribution in [0.5, 0.6) is 5.75 Å². The molecule has 0 heterocycles. The van der Waals surface area contributed by atoms with Crippen LogP contribution < -0.4 is 10.1 Å². The average Bonchev–Trinajstić information content (AvgIpc) is 2.52. The lowest BCUT2D eigenvalue weighted by molar-refractivity contribution is -0.384. The third kappa shape index (κ3) is 4.23. The van der Waals surface area contributed by atoms with E-state index in [1.807, 2.05) is 32.0 Å². The number of carbonyl (C=O) groups is 1. The van der Waals surface area contributed by atoms with Gasteiger partial charge in [-0.2, -0.15) is 0 Å². The molecule has 0 spiro atoms. The number of anilines is 1. The van der Waals surface area contributed by atoms with Crippen molar-refractivity contribution in [3.63, 3.8) is 0 Å². The van der Waals surface area contributed by atoms with E-state index >= 15 is 0 Å². The quantitative estimate of drug-likeness (QED) is 0.646. The number of halogens is 1. The first-order valence-electron chi connectivity index (χ1n) is 7.26. The molecular weight excluding hydrogens is 332 g/mol. The Morgan fingerprint density at radius 2 is 1.96 bits per heavy atom. The van der Waals surface area contributed by atoms with Gasteiger partial charge in [0.2, 0.25) is 0 Å². The van der Waals surface area contributed by atoms with Crippen molar-refractivity contribution in [1.82, 2.24) is 0 Å². The highest BCUT2D eigenvalue weighted by atomic mass is 35.5. The Hall–Kier alpha value is -2.60. The van der Waals surface area contributed by atoms with Crippen LogP contribution in [0.3, 0.4) is 0 Å². The summed E-state index contributed by atoms with van der Waals surface area (Å²) in [4.78, 5) is 22.5. The molecule has 2 rings (SSSR count). The Morgan fingerprint density at radius 1 is 1.25 bits per heavy atom. The summed E-state index contributed by atoms with van der Waals surface area (Å²) in [6.07, 6.45) is -0.764. The molecule has 2 aromatic carbocycles. The fourth-order valence-electron chi connectivity index (χ4n) is 2.05. The summed E-state index contributed by atoms with van der Waals surface area (Å²) in [5, 5.41) is 13.5. The predicted octanol–water partition coefficient (Wildman–Crippen LogP) is 4.27. The highest BCUT2D eigenvalue weighted by Gasteiger charge is 2.18. The summed E-state index contributed by atoms with van der Waals surface area (Å²) in [5.74, 6) is 0.215. The van der Waals surface area contributed by atoms with Crippen molar-refractivity contribution in [1.29, 1.82) is 0 Å². The monoisotopic (exact) mass is 348 g/mol. The van der Waals surface area contributed by atoms with Gasteiger partial charge in [-0.15, -0.1) is 0 Å². The number of aryl methyl sites for hydroxylation is 2. The van der Waals surface area contributed by atoms with Crippen LogP contribution in [0.1, 0.15) is 18.1 Å². The van der Waals surface area contributed by atoms with E-state index in [0.717, 1.165) is 11.1 Å². The molecule has 0 aromatic heterocycles. The molecule has 6 nitrogen and oxygen atoms in total. The lowest BCUT2D eigenvalue weighted by Gasteiger charge is -2.16. The SMILES string of the molecule is Cc1ccc(C)c(OC(C)C(=O)Nc2ccc(Cl)c([N+](=O)[O-])c2)c1. The van der Waals surface area contributed by atoms with Gasteiger partial charge in [-0.3, -0.25) is 14.9 Å². The number of hydrogen-bond acceptors (Lipinski definition) is 4. The van der Waals surface area contributed by atoms with Crippen LogP contribution in [0.2, 0.25) is 5.02 Å². The Bertz CT molecular complexity index is 792. The molecule has 24 heavy (non-hydrogen) atoms. The van der Waals surface area contributed by atoms with E-state index in [9.17, 15) is 14.9 Å². The molecule has 0 radical (unpaired) electrons. The van der Waals surface area contributed by atoms with Crippen LogP contribution in [0.15, 0.2) is 36.4 Å². The molecule has 126 valence electrons. The first-order chi connectivity index (χ1) is 11.3. The first kappa shape index (κ1) is 17.7. The number of ether oxygens (including phenoxy) is 1. The first-order valence-corrected chi connectivity index (χ1v) is 7.64. The summed E-state index contributed by atoms with van der Waals surface area (Å²) in [6.45, 7) is 5.44. The fourth-order valence-corrected chi connectivity index (χ4v) is 2.24. The molecule has 2 aromatic rings. The normalized spacial score (nSPS) is 11.7. The van der Waals surface area contributed by atoms with E-state index in [-0.39, 0.29) is 16.4 Å². The fraction of sp³-hybridized carbons (Fsp3) is 0.235. The van der Waals surface area contributed by atoms with E-state index in [1.54, 1.807) is 6.92 Å². The maximum absolute atomic E-state index is 12.2. The number of hydrogen-bond donors (Lipinski definition) is 1. The predicted molar refractivity (Wildman–Crippen MR) is 92.7 cm³/mol. The van der Waals surface area contributed by atoms with Crippen molar-refractivity contribution in [2.75, 3.05) is 5.32 Å². The third-order valence-electron chi connectivity index (χ3n) is 3.43. The average molecular weight is 349 g/mol. The molecule has 0 aliphatic rings. The van der Waals surface area contributed by atoms with Gasteiger partial charge in [-0.25, -0.2) is 0 Å². The molecule has 1 unspecified atom stereocenters. The zero-order valence-corrected chi connectivity index (χ0v) is 14.3. The molecule has 1 amide bonds. The standard InChI is InChI=1S/C17H17ClN2O4/c1-10-4-5-11(2)16(8-10)24-12(3)17(21)19-13-6-7-14(18)15(9-13)20(22)23/h4-9,12H,1-3H3,(H,19,21). The number of nitrogens with zero attached hydrogens (tertiary/aromatic N) is 1. The zero-order chi connectivity index (χ0) is 17.9. The third-order valence-corrected chi connectivity index (χ3v) is 3.75. The zero-order valence-electron chi connectivity index (χ0n) is 13.5. The molecule has 0 aliphatic heterocycles. The van der Waals surface area contributed by atoms with Gasteiger partial charge >= 0.3 is 0 Å². The van der Waals surface area contributed by atoms with E-state index in [1.165, 1.54) is 18.2 Å². The largest absolute Gasteiger partial charge is 0.481 e. The highest BCUT2D eigenvalue weighted by Crippen LogP contribution is 2.27. The number of rotatable bonds is 5. The molecule has 0 fully saturated rings. The van der Waals surface area contributed by atoms with Crippen LogP contribution >= 0.6 is 11.6 Å². The summed E-state index contributed by atoms with van der Waals surface area (Å²) >= 11 is 5.75. The molecule has 1 N–H and O–H groups in total. The number of amides is 1. The van der Waals surface area contributed by atoms with Crippen molar-refractivity contribution in [3.8, 4) is 5.75 Å². The van der Waals surface area contributed by atoms with Crippen molar-refractivity contribution in [2.24, 2.45) is 0 Å². The van der Waals surface area contributed by atoms with Crippen molar-refractivity contribution < 1.29 is 14.5 Å². The van der Waals surface area contributed by atoms with Gasteiger partial charge in [0.25, 0.3) is 11.6 Å². The highest BCUT2D eigenvalue weighted by molar-refractivity contribution is 6.32. The van der Waals surface area contributed by atoms with Crippen LogP contribution in [-0.2, 0) is 4.79 Å². The van der Waals surface area contributed by atoms with E-state index in [0.29, 0.717) is 5.75 Å². The Kier molecular flexibility index (Phi) is 5.41. The van der Waals surface area contributed by atoms with Crippen molar-refractivity contribution in [3.05, 3.63) is 62.7 Å². The Balaban J connectivity index is 2.10. The number of carbonyl (C=O) groups excluding carboxylic acids is 1. The Morgan fingerprint density at radius 3 is 2.62 bits per heavy atom. The summed E-state index contributed by atoms with van der Waals surface area (Å²) in [6, 6.07) is 9.80. The van der Waals surface area contributed by atoms with E-state index in [4.69, 9.17) is 16.3 Å². The van der Waals surface area contributed by atoms with Gasteiger partial charge in [0.1, 0.15) is 10.8 Å².